The average Bonchev–Trinajstić information content (AvgIpc) is 2.64. The molecule has 0 aromatic heterocycles. The van der Waals surface area contributed by atoms with Gasteiger partial charge in [-0.05, 0) is 41.7 Å². The minimum absolute atomic E-state index is 0.331. The van der Waals surface area contributed by atoms with E-state index in [1.54, 1.807) is 26.4 Å². The quantitative estimate of drug-likeness (QED) is 0.791. The van der Waals surface area contributed by atoms with E-state index in [4.69, 9.17) is 14.2 Å². The van der Waals surface area contributed by atoms with Crippen LogP contribution in [-0.2, 0) is 17.6 Å². The highest BCUT2D eigenvalue weighted by atomic mass is 16.5. The number of aliphatic carboxylic acids is 1. The first-order valence-corrected chi connectivity index (χ1v) is 8.14. The Hall–Kier alpha value is -2.69. The number of aryl methyl sites for hydroxylation is 1. The monoisotopic (exact) mass is 344 g/mol. The van der Waals surface area contributed by atoms with Gasteiger partial charge in [-0.2, -0.15) is 0 Å². The van der Waals surface area contributed by atoms with Crippen molar-refractivity contribution in [2.75, 3.05) is 21.3 Å². The van der Waals surface area contributed by atoms with E-state index >= 15 is 0 Å². The fraction of sp³-hybridized carbons (Fsp3) is 0.350. The lowest BCUT2D eigenvalue weighted by Crippen LogP contribution is -2.14. The summed E-state index contributed by atoms with van der Waals surface area (Å²) in [4.78, 5) is 11.8. The normalized spacial score (nSPS) is 11.7. The Labute approximate surface area is 148 Å². The standard InChI is InChI=1S/C20H24O5/c1-5-13-6-8-15(9-7-13)16(20(21)22)10-14-11-17(23-2)19(25-4)18(12-14)24-3/h6-9,11-12,16H,5,10H2,1-4H3,(H,21,22). The number of carboxylic acids is 1. The van der Waals surface area contributed by atoms with Gasteiger partial charge in [-0.1, -0.05) is 31.2 Å². The van der Waals surface area contributed by atoms with Gasteiger partial charge in [0, 0.05) is 0 Å². The molecule has 1 unspecified atom stereocenters. The highest BCUT2D eigenvalue weighted by Crippen LogP contribution is 2.39. The molecule has 5 nitrogen and oxygen atoms in total. The van der Waals surface area contributed by atoms with Gasteiger partial charge in [0.05, 0.1) is 27.2 Å². The Morgan fingerprint density at radius 2 is 1.52 bits per heavy atom. The minimum Gasteiger partial charge on any atom is -0.493 e. The van der Waals surface area contributed by atoms with Crippen LogP contribution in [0.3, 0.4) is 0 Å². The molecule has 1 atom stereocenters. The number of hydrogen-bond donors (Lipinski definition) is 1. The maximum Gasteiger partial charge on any atom is 0.311 e. The van der Waals surface area contributed by atoms with Crippen LogP contribution in [0, 0.1) is 0 Å². The van der Waals surface area contributed by atoms with Crippen molar-refractivity contribution in [3.8, 4) is 17.2 Å². The lowest BCUT2D eigenvalue weighted by Gasteiger charge is -2.17. The molecule has 0 bridgehead atoms. The van der Waals surface area contributed by atoms with E-state index in [0.717, 1.165) is 17.5 Å². The van der Waals surface area contributed by atoms with Crippen LogP contribution in [0.1, 0.15) is 29.5 Å². The highest BCUT2D eigenvalue weighted by Gasteiger charge is 2.22. The second-order valence-electron chi connectivity index (χ2n) is 5.72. The number of benzene rings is 2. The van der Waals surface area contributed by atoms with Crippen LogP contribution in [0.5, 0.6) is 17.2 Å². The summed E-state index contributed by atoms with van der Waals surface area (Å²) in [6.07, 6.45) is 1.25. The van der Waals surface area contributed by atoms with E-state index < -0.39 is 11.9 Å². The van der Waals surface area contributed by atoms with Crippen molar-refractivity contribution in [3.63, 3.8) is 0 Å². The van der Waals surface area contributed by atoms with Crippen molar-refractivity contribution in [3.05, 3.63) is 53.1 Å². The number of ether oxygens (including phenoxy) is 3. The van der Waals surface area contributed by atoms with Crippen LogP contribution in [0.2, 0.25) is 0 Å². The molecule has 0 fully saturated rings. The average molecular weight is 344 g/mol. The summed E-state index contributed by atoms with van der Waals surface area (Å²) in [7, 11) is 4.62. The topological polar surface area (TPSA) is 65.0 Å². The van der Waals surface area contributed by atoms with Crippen LogP contribution in [0.4, 0.5) is 0 Å². The molecule has 25 heavy (non-hydrogen) atoms. The molecule has 0 saturated heterocycles. The van der Waals surface area contributed by atoms with Gasteiger partial charge in [0.1, 0.15) is 0 Å². The third-order valence-electron chi connectivity index (χ3n) is 4.25. The number of carbonyl (C=O) groups is 1. The molecule has 0 heterocycles. The summed E-state index contributed by atoms with van der Waals surface area (Å²) in [6, 6.07) is 11.3. The summed E-state index contributed by atoms with van der Waals surface area (Å²) >= 11 is 0. The van der Waals surface area contributed by atoms with Crippen molar-refractivity contribution in [1.82, 2.24) is 0 Å². The minimum atomic E-state index is -0.863. The smallest absolute Gasteiger partial charge is 0.311 e. The van der Waals surface area contributed by atoms with Crippen LogP contribution in [0.25, 0.3) is 0 Å². The summed E-state index contributed by atoms with van der Waals surface area (Å²) in [6.45, 7) is 2.07. The zero-order valence-corrected chi connectivity index (χ0v) is 15.0. The van der Waals surface area contributed by atoms with Crippen LogP contribution in [0.15, 0.2) is 36.4 Å². The molecule has 1 N–H and O–H groups in total. The second-order valence-corrected chi connectivity index (χ2v) is 5.72. The van der Waals surface area contributed by atoms with Gasteiger partial charge in [0.2, 0.25) is 5.75 Å². The summed E-state index contributed by atoms with van der Waals surface area (Å²) in [5, 5.41) is 9.68. The molecule has 0 aliphatic rings. The van der Waals surface area contributed by atoms with Crippen LogP contribution < -0.4 is 14.2 Å². The lowest BCUT2D eigenvalue weighted by molar-refractivity contribution is -0.138. The lowest BCUT2D eigenvalue weighted by atomic mass is 9.91. The molecule has 2 aromatic carbocycles. The molecule has 5 heteroatoms. The van der Waals surface area contributed by atoms with Crippen molar-refractivity contribution >= 4 is 5.97 Å². The van der Waals surface area contributed by atoms with Gasteiger partial charge in [0.25, 0.3) is 0 Å². The molecule has 0 radical (unpaired) electrons. The largest absolute Gasteiger partial charge is 0.493 e. The molecule has 2 rings (SSSR count). The molecule has 2 aromatic rings. The van der Waals surface area contributed by atoms with Crippen molar-refractivity contribution in [2.45, 2.75) is 25.7 Å². The Morgan fingerprint density at radius 3 is 1.92 bits per heavy atom. The summed E-state index contributed by atoms with van der Waals surface area (Å²) in [5.41, 5.74) is 2.76. The third kappa shape index (κ3) is 4.24. The maximum atomic E-state index is 11.8. The first-order chi connectivity index (χ1) is 12.0. The Kier molecular flexibility index (Phi) is 6.28. The molecule has 0 aliphatic heterocycles. The zero-order valence-electron chi connectivity index (χ0n) is 15.0. The molecule has 0 spiro atoms. The second kappa shape index (κ2) is 8.42. The van der Waals surface area contributed by atoms with Gasteiger partial charge in [0.15, 0.2) is 11.5 Å². The fourth-order valence-corrected chi connectivity index (χ4v) is 2.82. The van der Waals surface area contributed by atoms with Crippen LogP contribution >= 0.6 is 0 Å². The van der Waals surface area contributed by atoms with Gasteiger partial charge in [-0.25, -0.2) is 0 Å². The number of methoxy groups -OCH3 is 3. The Balaban J connectivity index is 2.37. The molecule has 0 saturated carbocycles. The van der Waals surface area contributed by atoms with Crippen molar-refractivity contribution in [1.29, 1.82) is 0 Å². The van der Waals surface area contributed by atoms with Crippen LogP contribution in [-0.4, -0.2) is 32.4 Å². The van der Waals surface area contributed by atoms with Gasteiger partial charge >= 0.3 is 5.97 Å². The molecular formula is C20H24O5. The van der Waals surface area contributed by atoms with E-state index in [1.807, 2.05) is 24.3 Å². The van der Waals surface area contributed by atoms with E-state index in [0.29, 0.717) is 23.7 Å². The zero-order chi connectivity index (χ0) is 18.4. The molecule has 134 valence electrons. The van der Waals surface area contributed by atoms with E-state index in [1.165, 1.54) is 12.7 Å². The molecule has 0 aliphatic carbocycles. The van der Waals surface area contributed by atoms with E-state index in [9.17, 15) is 9.90 Å². The van der Waals surface area contributed by atoms with Gasteiger partial charge < -0.3 is 19.3 Å². The predicted molar refractivity (Wildman–Crippen MR) is 96.0 cm³/mol. The summed E-state index contributed by atoms with van der Waals surface area (Å²) in [5.74, 6) is 0.0178. The SMILES string of the molecule is CCc1ccc(C(Cc2cc(OC)c(OC)c(OC)c2)C(=O)O)cc1. The first kappa shape index (κ1) is 18.6. The summed E-state index contributed by atoms with van der Waals surface area (Å²) < 4.78 is 16.0. The highest BCUT2D eigenvalue weighted by molar-refractivity contribution is 5.76. The first-order valence-electron chi connectivity index (χ1n) is 8.14. The van der Waals surface area contributed by atoms with Gasteiger partial charge in [-0.3, -0.25) is 4.79 Å². The van der Waals surface area contributed by atoms with Crippen molar-refractivity contribution < 1.29 is 24.1 Å². The molecule has 0 amide bonds. The fourth-order valence-electron chi connectivity index (χ4n) is 2.82. The third-order valence-corrected chi connectivity index (χ3v) is 4.25. The Morgan fingerprint density at radius 1 is 0.960 bits per heavy atom. The predicted octanol–water partition coefficient (Wildman–Crippen LogP) is 3.69. The van der Waals surface area contributed by atoms with Crippen molar-refractivity contribution in [2.24, 2.45) is 0 Å². The number of hydrogen-bond acceptors (Lipinski definition) is 4. The Bertz CT molecular complexity index is 696. The van der Waals surface area contributed by atoms with E-state index in [2.05, 4.69) is 6.92 Å². The van der Waals surface area contributed by atoms with Gasteiger partial charge in [-0.15, -0.1) is 0 Å². The number of carboxylic acid groups (broad SMARTS) is 1. The molecular weight excluding hydrogens is 320 g/mol. The number of rotatable bonds is 8. The maximum absolute atomic E-state index is 11.8. The van der Waals surface area contributed by atoms with E-state index in [-0.39, 0.29) is 0 Å².